The van der Waals surface area contributed by atoms with Crippen molar-refractivity contribution in [2.75, 3.05) is 20.8 Å². The van der Waals surface area contributed by atoms with Gasteiger partial charge in [0, 0.05) is 31.5 Å². The van der Waals surface area contributed by atoms with Crippen LogP contribution in [0.5, 0.6) is 0 Å². The summed E-state index contributed by atoms with van der Waals surface area (Å²) < 4.78 is 6.90. The van der Waals surface area contributed by atoms with E-state index in [1.807, 2.05) is 64.1 Å². The molecule has 0 radical (unpaired) electrons. The van der Waals surface area contributed by atoms with E-state index < -0.39 is 0 Å². The van der Waals surface area contributed by atoms with E-state index in [0.717, 1.165) is 28.1 Å². The van der Waals surface area contributed by atoms with E-state index in [1.165, 1.54) is 0 Å². The van der Waals surface area contributed by atoms with Crippen LogP contribution in [0.4, 0.5) is 0 Å². The Morgan fingerprint density at radius 1 is 1.00 bits per heavy atom. The lowest BCUT2D eigenvalue weighted by atomic mass is 10.00. The minimum absolute atomic E-state index is 0.123. The third kappa shape index (κ3) is 5.68. The van der Waals surface area contributed by atoms with Crippen molar-refractivity contribution in [3.05, 3.63) is 71.0 Å². The second-order valence-electron chi connectivity index (χ2n) is 8.56. The minimum atomic E-state index is -0.253. The SMILES string of the molecule is CNC(=O)c1cc(C(C)C)n(-c2cc(C(=O)NC(C)COC)cc(-c3ccc(C)cc3)c2)n1. The molecule has 174 valence electrons. The minimum Gasteiger partial charge on any atom is -0.383 e. The molecule has 0 aliphatic heterocycles. The lowest BCUT2D eigenvalue weighted by molar-refractivity contribution is 0.0904. The summed E-state index contributed by atoms with van der Waals surface area (Å²) in [6, 6.07) is 15.5. The van der Waals surface area contributed by atoms with Crippen molar-refractivity contribution in [1.82, 2.24) is 20.4 Å². The van der Waals surface area contributed by atoms with Crippen LogP contribution in [0.15, 0.2) is 48.5 Å². The molecule has 0 fully saturated rings. The molecule has 33 heavy (non-hydrogen) atoms. The molecular formula is C26H32N4O3. The molecule has 3 rings (SSSR count). The highest BCUT2D eigenvalue weighted by Crippen LogP contribution is 2.27. The molecular weight excluding hydrogens is 416 g/mol. The molecule has 1 atom stereocenters. The molecule has 0 spiro atoms. The molecule has 2 amide bonds. The molecule has 3 aromatic rings. The largest absolute Gasteiger partial charge is 0.383 e. The zero-order valence-corrected chi connectivity index (χ0v) is 20.1. The molecule has 0 aliphatic carbocycles. The predicted molar refractivity (Wildman–Crippen MR) is 130 cm³/mol. The lowest BCUT2D eigenvalue weighted by Crippen LogP contribution is -2.35. The summed E-state index contributed by atoms with van der Waals surface area (Å²) >= 11 is 0. The van der Waals surface area contributed by atoms with Crippen molar-refractivity contribution in [3.8, 4) is 16.8 Å². The fourth-order valence-corrected chi connectivity index (χ4v) is 3.63. The van der Waals surface area contributed by atoms with Gasteiger partial charge in [0.1, 0.15) is 0 Å². The highest BCUT2D eigenvalue weighted by molar-refractivity contribution is 5.96. The van der Waals surface area contributed by atoms with Crippen LogP contribution in [-0.2, 0) is 4.74 Å². The van der Waals surface area contributed by atoms with Gasteiger partial charge in [0.25, 0.3) is 11.8 Å². The molecule has 1 unspecified atom stereocenters. The first kappa shape index (κ1) is 24.2. The van der Waals surface area contributed by atoms with Gasteiger partial charge in [-0.25, -0.2) is 4.68 Å². The van der Waals surface area contributed by atoms with Crippen molar-refractivity contribution in [2.45, 2.75) is 39.7 Å². The summed E-state index contributed by atoms with van der Waals surface area (Å²) in [6.45, 7) is 8.44. The number of methoxy groups -OCH3 is 1. The summed E-state index contributed by atoms with van der Waals surface area (Å²) in [5.74, 6) is -0.325. The molecule has 0 bridgehead atoms. The number of ether oxygens (including phenoxy) is 1. The van der Waals surface area contributed by atoms with Crippen LogP contribution in [0.1, 0.15) is 58.8 Å². The first-order chi connectivity index (χ1) is 15.7. The number of rotatable bonds is 8. The summed E-state index contributed by atoms with van der Waals surface area (Å²) in [6.07, 6.45) is 0. The fourth-order valence-electron chi connectivity index (χ4n) is 3.63. The van der Waals surface area contributed by atoms with Crippen molar-refractivity contribution in [2.24, 2.45) is 0 Å². The van der Waals surface area contributed by atoms with Gasteiger partial charge in [-0.3, -0.25) is 9.59 Å². The van der Waals surface area contributed by atoms with Crippen molar-refractivity contribution >= 4 is 11.8 Å². The average molecular weight is 449 g/mol. The van der Waals surface area contributed by atoms with Crippen LogP contribution in [-0.4, -0.2) is 48.4 Å². The number of aryl methyl sites for hydroxylation is 1. The zero-order valence-electron chi connectivity index (χ0n) is 20.1. The lowest BCUT2D eigenvalue weighted by Gasteiger charge is -2.16. The molecule has 7 heteroatoms. The Morgan fingerprint density at radius 2 is 1.70 bits per heavy atom. The standard InChI is InChI=1S/C26H32N4O3/c1-16(2)24-14-23(26(32)27-5)29-30(24)22-12-20(19-9-7-17(3)8-10-19)11-21(13-22)25(31)28-18(4)15-33-6/h7-14,16,18H,15H2,1-6H3,(H,27,32)(H,28,31). The first-order valence-electron chi connectivity index (χ1n) is 11.1. The maximum atomic E-state index is 13.1. The molecule has 0 aliphatic rings. The van der Waals surface area contributed by atoms with E-state index in [2.05, 4.69) is 15.7 Å². The highest BCUT2D eigenvalue weighted by atomic mass is 16.5. The molecule has 7 nitrogen and oxygen atoms in total. The van der Waals surface area contributed by atoms with Crippen LogP contribution in [0, 0.1) is 6.92 Å². The van der Waals surface area contributed by atoms with E-state index >= 15 is 0 Å². The summed E-state index contributed by atoms with van der Waals surface area (Å²) in [7, 11) is 3.19. The Morgan fingerprint density at radius 3 is 2.30 bits per heavy atom. The molecule has 2 N–H and O–H groups in total. The van der Waals surface area contributed by atoms with Gasteiger partial charge in [-0.1, -0.05) is 43.7 Å². The normalized spacial score (nSPS) is 12.0. The summed E-state index contributed by atoms with van der Waals surface area (Å²) in [4.78, 5) is 25.3. The Labute approximate surface area is 195 Å². The molecule has 0 saturated heterocycles. The Balaban J connectivity index is 2.15. The number of nitrogens with one attached hydrogen (secondary N) is 2. The van der Waals surface area contributed by atoms with Gasteiger partial charge in [0.15, 0.2) is 5.69 Å². The van der Waals surface area contributed by atoms with E-state index in [1.54, 1.807) is 31.0 Å². The van der Waals surface area contributed by atoms with Crippen LogP contribution >= 0.6 is 0 Å². The third-order valence-electron chi connectivity index (χ3n) is 5.39. The Kier molecular flexibility index (Phi) is 7.66. The van der Waals surface area contributed by atoms with E-state index in [9.17, 15) is 9.59 Å². The number of nitrogens with zero attached hydrogens (tertiary/aromatic N) is 2. The molecule has 1 heterocycles. The van der Waals surface area contributed by atoms with Gasteiger partial charge < -0.3 is 15.4 Å². The second-order valence-corrected chi connectivity index (χ2v) is 8.56. The van der Waals surface area contributed by atoms with Gasteiger partial charge in [-0.15, -0.1) is 0 Å². The number of carbonyl (C=O) groups excluding carboxylic acids is 2. The number of carbonyl (C=O) groups is 2. The van der Waals surface area contributed by atoms with Gasteiger partial charge >= 0.3 is 0 Å². The Bertz CT molecular complexity index is 1130. The van der Waals surface area contributed by atoms with E-state index in [0.29, 0.717) is 17.9 Å². The number of benzene rings is 2. The zero-order chi connectivity index (χ0) is 24.1. The highest BCUT2D eigenvalue weighted by Gasteiger charge is 2.19. The smallest absolute Gasteiger partial charge is 0.271 e. The van der Waals surface area contributed by atoms with Crippen LogP contribution in [0.3, 0.4) is 0 Å². The third-order valence-corrected chi connectivity index (χ3v) is 5.39. The van der Waals surface area contributed by atoms with Crippen LogP contribution in [0.25, 0.3) is 16.8 Å². The maximum Gasteiger partial charge on any atom is 0.271 e. The Hall–Kier alpha value is -3.45. The van der Waals surface area contributed by atoms with Crippen LogP contribution in [0.2, 0.25) is 0 Å². The van der Waals surface area contributed by atoms with Crippen molar-refractivity contribution in [1.29, 1.82) is 0 Å². The first-order valence-corrected chi connectivity index (χ1v) is 11.1. The predicted octanol–water partition coefficient (Wildman–Crippen LogP) is 4.10. The molecule has 2 aromatic carbocycles. The van der Waals surface area contributed by atoms with Gasteiger partial charge in [0.2, 0.25) is 0 Å². The van der Waals surface area contributed by atoms with E-state index in [-0.39, 0.29) is 23.8 Å². The van der Waals surface area contributed by atoms with Gasteiger partial charge in [-0.05, 0) is 55.2 Å². The van der Waals surface area contributed by atoms with Gasteiger partial charge in [-0.2, -0.15) is 5.10 Å². The molecule has 1 aromatic heterocycles. The monoisotopic (exact) mass is 448 g/mol. The van der Waals surface area contributed by atoms with E-state index in [4.69, 9.17) is 4.74 Å². The average Bonchev–Trinajstić information content (AvgIpc) is 3.25. The quantitative estimate of drug-likeness (QED) is 0.543. The molecule has 0 saturated carbocycles. The number of aromatic nitrogens is 2. The van der Waals surface area contributed by atoms with Crippen LogP contribution < -0.4 is 10.6 Å². The fraction of sp³-hybridized carbons (Fsp3) is 0.346. The number of hydrogen-bond acceptors (Lipinski definition) is 4. The summed E-state index contributed by atoms with van der Waals surface area (Å²) in [5.41, 5.74) is 5.49. The van der Waals surface area contributed by atoms with Crippen molar-refractivity contribution in [3.63, 3.8) is 0 Å². The topological polar surface area (TPSA) is 85.2 Å². The number of hydrogen-bond donors (Lipinski definition) is 2. The second kappa shape index (κ2) is 10.4. The number of amides is 2. The van der Waals surface area contributed by atoms with Gasteiger partial charge in [0.05, 0.1) is 12.3 Å². The maximum absolute atomic E-state index is 13.1. The summed E-state index contributed by atoms with van der Waals surface area (Å²) in [5, 5.41) is 10.2. The van der Waals surface area contributed by atoms with Crippen molar-refractivity contribution < 1.29 is 14.3 Å².